The molecule has 2 nitrogen and oxygen atoms in total. The molecule has 1 saturated carbocycles. The molecule has 100 valence electrons. The second-order valence-corrected chi connectivity index (χ2v) is 5.68. The van der Waals surface area contributed by atoms with E-state index in [1.165, 1.54) is 37.7 Å². The Morgan fingerprint density at radius 1 is 1.44 bits per heavy atom. The fraction of sp³-hybridized carbons (Fsp3) is 0.667. The van der Waals surface area contributed by atoms with Gasteiger partial charge in [-0.15, -0.1) is 0 Å². The molecule has 1 aromatic rings. The number of nitrogens with one attached hydrogen (secondary N) is 1. The number of rotatable bonds is 6. The molecule has 3 heteroatoms. The van der Waals surface area contributed by atoms with Crippen LogP contribution in [0.5, 0.6) is 0 Å². The van der Waals surface area contributed by atoms with Crippen LogP contribution in [-0.2, 0) is 6.42 Å². The molecule has 0 amide bonds. The summed E-state index contributed by atoms with van der Waals surface area (Å²) in [6.45, 7) is 3.32. The summed E-state index contributed by atoms with van der Waals surface area (Å²) >= 11 is 6.22. The maximum atomic E-state index is 6.22. The van der Waals surface area contributed by atoms with Crippen molar-refractivity contribution in [2.45, 2.75) is 51.5 Å². The van der Waals surface area contributed by atoms with Crippen molar-refractivity contribution < 1.29 is 0 Å². The summed E-state index contributed by atoms with van der Waals surface area (Å²) in [6.07, 6.45) is 11.3. The average Bonchev–Trinajstić information content (AvgIpc) is 2.90. The van der Waals surface area contributed by atoms with E-state index in [4.69, 9.17) is 11.6 Å². The first-order valence-corrected chi connectivity index (χ1v) is 7.50. The largest absolute Gasteiger partial charge is 0.313 e. The quantitative estimate of drug-likeness (QED) is 0.846. The summed E-state index contributed by atoms with van der Waals surface area (Å²) in [7, 11) is 0. The van der Waals surface area contributed by atoms with Crippen molar-refractivity contribution in [3.8, 4) is 0 Å². The molecule has 0 aliphatic heterocycles. The van der Waals surface area contributed by atoms with Gasteiger partial charge in [-0.1, -0.05) is 31.4 Å². The van der Waals surface area contributed by atoms with Crippen LogP contribution >= 0.6 is 11.6 Å². The van der Waals surface area contributed by atoms with Crippen LogP contribution in [0.2, 0.25) is 5.02 Å². The number of nitrogens with zero attached hydrogens (tertiary/aromatic N) is 1. The zero-order valence-corrected chi connectivity index (χ0v) is 11.9. The van der Waals surface area contributed by atoms with E-state index in [1.807, 2.05) is 6.20 Å². The molecule has 1 heterocycles. The number of hydrogen-bond acceptors (Lipinski definition) is 2. The zero-order valence-electron chi connectivity index (χ0n) is 11.2. The number of pyridine rings is 1. The molecular weight excluding hydrogens is 244 g/mol. The summed E-state index contributed by atoms with van der Waals surface area (Å²) in [5.41, 5.74) is 1.23. The molecule has 2 rings (SSSR count). The van der Waals surface area contributed by atoms with Crippen LogP contribution in [0.4, 0.5) is 0 Å². The molecule has 18 heavy (non-hydrogen) atoms. The summed E-state index contributed by atoms with van der Waals surface area (Å²) in [4.78, 5) is 4.06. The van der Waals surface area contributed by atoms with Gasteiger partial charge in [0.2, 0.25) is 0 Å². The number of halogens is 1. The van der Waals surface area contributed by atoms with Crippen LogP contribution in [0.3, 0.4) is 0 Å². The Morgan fingerprint density at radius 2 is 2.22 bits per heavy atom. The van der Waals surface area contributed by atoms with Crippen LogP contribution < -0.4 is 5.32 Å². The predicted molar refractivity (Wildman–Crippen MR) is 77.0 cm³/mol. The van der Waals surface area contributed by atoms with Gasteiger partial charge in [0.1, 0.15) is 0 Å². The molecule has 1 unspecified atom stereocenters. The second kappa shape index (κ2) is 7.10. The summed E-state index contributed by atoms with van der Waals surface area (Å²) in [5, 5.41) is 4.51. The second-order valence-electron chi connectivity index (χ2n) is 5.28. The Labute approximate surface area is 115 Å². The van der Waals surface area contributed by atoms with Crippen molar-refractivity contribution in [1.82, 2.24) is 10.3 Å². The Bertz CT molecular complexity index is 361. The summed E-state index contributed by atoms with van der Waals surface area (Å²) in [5.74, 6) is 0.820. The highest BCUT2D eigenvalue weighted by Gasteiger charge is 2.25. The summed E-state index contributed by atoms with van der Waals surface area (Å²) in [6, 6.07) is 2.63. The third-order valence-corrected chi connectivity index (χ3v) is 4.26. The highest BCUT2D eigenvalue weighted by molar-refractivity contribution is 6.31. The minimum absolute atomic E-state index is 0.576. The normalized spacial score (nSPS) is 18.1. The van der Waals surface area contributed by atoms with Crippen LogP contribution in [0.1, 0.15) is 44.6 Å². The van der Waals surface area contributed by atoms with Crippen molar-refractivity contribution in [2.24, 2.45) is 5.92 Å². The van der Waals surface area contributed by atoms with E-state index >= 15 is 0 Å². The molecule has 0 spiro atoms. The maximum Gasteiger partial charge on any atom is 0.0621 e. The minimum atomic E-state index is 0.576. The lowest BCUT2D eigenvalue weighted by Gasteiger charge is -2.25. The Morgan fingerprint density at radius 3 is 2.89 bits per heavy atom. The third kappa shape index (κ3) is 3.69. The van der Waals surface area contributed by atoms with E-state index in [0.717, 1.165) is 23.9 Å². The van der Waals surface area contributed by atoms with E-state index in [2.05, 4.69) is 23.3 Å². The van der Waals surface area contributed by atoms with E-state index < -0.39 is 0 Å². The Balaban J connectivity index is 2.02. The van der Waals surface area contributed by atoms with Gasteiger partial charge in [-0.05, 0) is 49.8 Å². The van der Waals surface area contributed by atoms with Crippen molar-refractivity contribution in [2.75, 3.05) is 6.54 Å². The highest BCUT2D eigenvalue weighted by Crippen LogP contribution is 2.30. The molecule has 1 aliphatic carbocycles. The van der Waals surface area contributed by atoms with E-state index in [0.29, 0.717) is 6.04 Å². The third-order valence-electron chi connectivity index (χ3n) is 3.92. The molecule has 1 fully saturated rings. The molecule has 0 saturated heterocycles. The van der Waals surface area contributed by atoms with Gasteiger partial charge in [0, 0.05) is 18.4 Å². The monoisotopic (exact) mass is 266 g/mol. The fourth-order valence-electron chi connectivity index (χ4n) is 2.90. The van der Waals surface area contributed by atoms with Crippen LogP contribution in [0, 0.1) is 5.92 Å². The van der Waals surface area contributed by atoms with Gasteiger partial charge < -0.3 is 5.32 Å². The van der Waals surface area contributed by atoms with Crippen LogP contribution in [0.15, 0.2) is 18.5 Å². The van der Waals surface area contributed by atoms with Gasteiger partial charge in [-0.2, -0.15) is 0 Å². The van der Waals surface area contributed by atoms with E-state index in [1.54, 1.807) is 6.20 Å². The molecule has 1 N–H and O–H groups in total. The molecule has 1 atom stereocenters. The van der Waals surface area contributed by atoms with E-state index in [9.17, 15) is 0 Å². The smallest absolute Gasteiger partial charge is 0.0621 e. The molecule has 0 aromatic carbocycles. The average molecular weight is 267 g/mol. The first-order chi connectivity index (χ1) is 8.81. The van der Waals surface area contributed by atoms with Gasteiger partial charge in [0.15, 0.2) is 0 Å². The predicted octanol–water partition coefficient (Wildman–Crippen LogP) is 3.84. The zero-order chi connectivity index (χ0) is 12.8. The van der Waals surface area contributed by atoms with E-state index in [-0.39, 0.29) is 0 Å². The number of hydrogen-bond donors (Lipinski definition) is 1. The van der Waals surface area contributed by atoms with Gasteiger partial charge in [0.25, 0.3) is 0 Å². The van der Waals surface area contributed by atoms with Crippen LogP contribution in [-0.4, -0.2) is 17.6 Å². The first-order valence-electron chi connectivity index (χ1n) is 7.13. The highest BCUT2D eigenvalue weighted by atomic mass is 35.5. The molecule has 0 radical (unpaired) electrons. The van der Waals surface area contributed by atoms with Gasteiger partial charge >= 0.3 is 0 Å². The van der Waals surface area contributed by atoms with Crippen molar-refractivity contribution in [3.63, 3.8) is 0 Å². The SMILES string of the molecule is CCCNC(Cc1ccncc1Cl)C1CCCC1. The fourth-order valence-corrected chi connectivity index (χ4v) is 3.10. The lowest BCUT2D eigenvalue weighted by molar-refractivity contribution is 0.356. The van der Waals surface area contributed by atoms with Crippen LogP contribution in [0.25, 0.3) is 0 Å². The Kier molecular flexibility index (Phi) is 5.45. The maximum absolute atomic E-state index is 6.22. The lowest BCUT2D eigenvalue weighted by atomic mass is 9.92. The van der Waals surface area contributed by atoms with Gasteiger partial charge in [-0.25, -0.2) is 0 Å². The Hall–Kier alpha value is -0.600. The molecule has 0 bridgehead atoms. The molecule has 1 aromatic heterocycles. The first kappa shape index (κ1) is 13.8. The van der Waals surface area contributed by atoms with Crippen molar-refractivity contribution >= 4 is 11.6 Å². The summed E-state index contributed by atoms with van der Waals surface area (Å²) < 4.78 is 0. The standard InChI is InChI=1S/C15H23ClN2/c1-2-8-18-15(12-5-3-4-6-12)10-13-7-9-17-11-14(13)16/h7,9,11-12,15,18H,2-6,8,10H2,1H3. The minimum Gasteiger partial charge on any atom is -0.313 e. The van der Waals surface area contributed by atoms with Gasteiger partial charge in [-0.3, -0.25) is 4.98 Å². The van der Waals surface area contributed by atoms with Crippen molar-refractivity contribution in [3.05, 3.63) is 29.0 Å². The topological polar surface area (TPSA) is 24.9 Å². The molecular formula is C15H23ClN2. The van der Waals surface area contributed by atoms with Crippen molar-refractivity contribution in [1.29, 1.82) is 0 Å². The molecule has 1 aliphatic rings. The lowest BCUT2D eigenvalue weighted by Crippen LogP contribution is -2.37. The van der Waals surface area contributed by atoms with Gasteiger partial charge in [0.05, 0.1) is 5.02 Å². The number of aromatic nitrogens is 1.